The molecular formula is C17H28N4OS. The fourth-order valence-electron chi connectivity index (χ4n) is 2.68. The van der Waals surface area contributed by atoms with Crippen LogP contribution in [0.5, 0.6) is 5.75 Å². The highest BCUT2D eigenvalue weighted by Gasteiger charge is 2.14. The Balaban J connectivity index is 1.57. The number of rotatable bonds is 7. The lowest BCUT2D eigenvalue weighted by molar-refractivity contribution is 0.136. The lowest BCUT2D eigenvalue weighted by atomic mass is 10.3. The van der Waals surface area contributed by atoms with Crippen LogP contribution in [0.3, 0.4) is 0 Å². The molecule has 128 valence electrons. The molecule has 0 atom stereocenters. The number of nitrogens with one attached hydrogen (secondary N) is 2. The van der Waals surface area contributed by atoms with Crippen molar-refractivity contribution in [3.63, 3.8) is 0 Å². The van der Waals surface area contributed by atoms with Gasteiger partial charge < -0.3 is 25.2 Å². The molecule has 0 saturated carbocycles. The molecule has 0 aliphatic carbocycles. The molecule has 23 heavy (non-hydrogen) atoms. The summed E-state index contributed by atoms with van der Waals surface area (Å²) < 4.78 is 5.14. The molecule has 1 fully saturated rings. The van der Waals surface area contributed by atoms with E-state index in [1.165, 1.54) is 32.7 Å². The first-order valence-electron chi connectivity index (χ1n) is 8.35. The standard InChI is InChI=1S/C17H28N4OS/c1-3-20-11-13-21(14-12-20)10-4-9-18-17(23)19-15-5-7-16(22-2)8-6-15/h5-8H,3-4,9-14H2,1-2H3,(H2,18,19,23). The van der Waals surface area contributed by atoms with Crippen LogP contribution in [-0.2, 0) is 0 Å². The maximum Gasteiger partial charge on any atom is 0.170 e. The highest BCUT2D eigenvalue weighted by molar-refractivity contribution is 7.80. The Morgan fingerprint density at radius 1 is 1.13 bits per heavy atom. The summed E-state index contributed by atoms with van der Waals surface area (Å²) in [5, 5.41) is 7.13. The first kappa shape index (κ1) is 18.0. The molecule has 1 aromatic carbocycles. The lowest BCUT2D eigenvalue weighted by Crippen LogP contribution is -2.46. The minimum absolute atomic E-state index is 0.672. The number of anilines is 1. The van der Waals surface area contributed by atoms with Gasteiger partial charge in [0.05, 0.1) is 7.11 Å². The molecule has 0 unspecified atom stereocenters. The number of hydrogen-bond donors (Lipinski definition) is 2. The number of ether oxygens (including phenoxy) is 1. The van der Waals surface area contributed by atoms with Gasteiger partial charge in [0.25, 0.3) is 0 Å². The second-order valence-electron chi connectivity index (χ2n) is 5.74. The summed E-state index contributed by atoms with van der Waals surface area (Å²) in [4.78, 5) is 5.04. The Morgan fingerprint density at radius 3 is 2.39 bits per heavy atom. The van der Waals surface area contributed by atoms with Gasteiger partial charge in [0.1, 0.15) is 5.75 Å². The Labute approximate surface area is 145 Å². The van der Waals surface area contributed by atoms with Crippen LogP contribution in [0.25, 0.3) is 0 Å². The SMILES string of the molecule is CCN1CCN(CCCNC(=S)Nc2ccc(OC)cc2)CC1. The summed E-state index contributed by atoms with van der Waals surface area (Å²) in [7, 11) is 1.66. The van der Waals surface area contributed by atoms with Gasteiger partial charge in [0.15, 0.2) is 5.11 Å². The highest BCUT2D eigenvalue weighted by Crippen LogP contribution is 2.14. The van der Waals surface area contributed by atoms with E-state index in [1.54, 1.807) is 7.11 Å². The van der Waals surface area contributed by atoms with Crippen LogP contribution in [0, 0.1) is 0 Å². The number of nitrogens with zero attached hydrogens (tertiary/aromatic N) is 2. The topological polar surface area (TPSA) is 39.8 Å². The molecule has 1 aliphatic heterocycles. The van der Waals surface area contributed by atoms with Crippen molar-refractivity contribution < 1.29 is 4.74 Å². The quantitative estimate of drug-likeness (QED) is 0.586. The van der Waals surface area contributed by atoms with Crippen molar-refractivity contribution >= 4 is 23.0 Å². The largest absolute Gasteiger partial charge is 0.497 e. The van der Waals surface area contributed by atoms with Crippen LogP contribution in [0.4, 0.5) is 5.69 Å². The Morgan fingerprint density at radius 2 is 1.78 bits per heavy atom. The fraction of sp³-hybridized carbons (Fsp3) is 0.588. The van der Waals surface area contributed by atoms with Gasteiger partial charge >= 0.3 is 0 Å². The van der Waals surface area contributed by atoms with Crippen LogP contribution < -0.4 is 15.4 Å². The molecule has 0 bridgehead atoms. The molecule has 1 aromatic rings. The van der Waals surface area contributed by atoms with Crippen molar-refractivity contribution in [2.45, 2.75) is 13.3 Å². The van der Waals surface area contributed by atoms with Crippen molar-refractivity contribution in [1.82, 2.24) is 15.1 Å². The van der Waals surface area contributed by atoms with Gasteiger partial charge in [-0.1, -0.05) is 6.92 Å². The van der Waals surface area contributed by atoms with Crippen LogP contribution in [0.15, 0.2) is 24.3 Å². The summed E-state index contributed by atoms with van der Waals surface area (Å²) in [6, 6.07) is 7.75. The van der Waals surface area contributed by atoms with Gasteiger partial charge in [-0.2, -0.15) is 0 Å². The molecule has 1 heterocycles. The second-order valence-corrected chi connectivity index (χ2v) is 6.15. The molecule has 0 spiro atoms. The van der Waals surface area contributed by atoms with Crippen molar-refractivity contribution in [3.05, 3.63) is 24.3 Å². The highest BCUT2D eigenvalue weighted by atomic mass is 32.1. The third-order valence-electron chi connectivity index (χ3n) is 4.20. The average Bonchev–Trinajstić information content (AvgIpc) is 2.60. The van der Waals surface area contributed by atoms with E-state index in [0.717, 1.165) is 30.9 Å². The number of thiocarbonyl (C=S) groups is 1. The molecule has 0 amide bonds. The molecule has 2 rings (SSSR count). The Hall–Kier alpha value is -1.37. The first-order valence-corrected chi connectivity index (χ1v) is 8.75. The molecule has 0 aromatic heterocycles. The summed E-state index contributed by atoms with van der Waals surface area (Å²) >= 11 is 5.32. The number of hydrogen-bond acceptors (Lipinski definition) is 4. The van der Waals surface area contributed by atoms with Crippen LogP contribution in [0.1, 0.15) is 13.3 Å². The van der Waals surface area contributed by atoms with E-state index in [9.17, 15) is 0 Å². The normalized spacial score (nSPS) is 16.1. The van der Waals surface area contributed by atoms with Gasteiger partial charge in [-0.3, -0.25) is 0 Å². The monoisotopic (exact) mass is 336 g/mol. The number of methoxy groups -OCH3 is 1. The van der Waals surface area contributed by atoms with Crippen molar-refractivity contribution in [3.8, 4) is 5.75 Å². The lowest BCUT2D eigenvalue weighted by Gasteiger charge is -2.34. The van der Waals surface area contributed by atoms with Crippen LogP contribution in [-0.4, -0.2) is 67.8 Å². The zero-order chi connectivity index (χ0) is 16.5. The van der Waals surface area contributed by atoms with E-state index in [0.29, 0.717) is 5.11 Å². The zero-order valence-electron chi connectivity index (χ0n) is 14.2. The third kappa shape index (κ3) is 6.33. The van der Waals surface area contributed by atoms with Gasteiger partial charge in [-0.05, 0) is 56.0 Å². The van der Waals surface area contributed by atoms with E-state index in [1.807, 2.05) is 24.3 Å². The van der Waals surface area contributed by atoms with Gasteiger partial charge in [0, 0.05) is 38.4 Å². The zero-order valence-corrected chi connectivity index (χ0v) is 15.0. The number of piperazine rings is 1. The maximum absolute atomic E-state index is 5.32. The van der Waals surface area contributed by atoms with Crippen molar-refractivity contribution in [2.75, 3.05) is 58.2 Å². The van der Waals surface area contributed by atoms with E-state index >= 15 is 0 Å². The summed E-state index contributed by atoms with van der Waals surface area (Å²) in [6.45, 7) is 10.2. The molecule has 2 N–H and O–H groups in total. The summed E-state index contributed by atoms with van der Waals surface area (Å²) in [5.74, 6) is 0.845. The average molecular weight is 337 g/mol. The minimum Gasteiger partial charge on any atom is -0.497 e. The van der Waals surface area contributed by atoms with Crippen LogP contribution in [0.2, 0.25) is 0 Å². The number of benzene rings is 1. The second kappa shape index (κ2) is 9.70. The van der Waals surface area contributed by atoms with E-state index in [2.05, 4.69) is 27.4 Å². The maximum atomic E-state index is 5.32. The minimum atomic E-state index is 0.672. The molecular weight excluding hydrogens is 308 g/mol. The third-order valence-corrected chi connectivity index (χ3v) is 4.44. The van der Waals surface area contributed by atoms with E-state index < -0.39 is 0 Å². The van der Waals surface area contributed by atoms with Crippen molar-refractivity contribution in [2.24, 2.45) is 0 Å². The van der Waals surface area contributed by atoms with Gasteiger partial charge in [-0.25, -0.2) is 0 Å². The fourth-order valence-corrected chi connectivity index (χ4v) is 2.90. The Bertz CT molecular complexity index is 472. The molecule has 1 aliphatic rings. The Kier molecular flexibility index (Phi) is 7.58. The molecule has 6 heteroatoms. The van der Waals surface area contributed by atoms with Crippen molar-refractivity contribution in [1.29, 1.82) is 0 Å². The summed E-state index contributed by atoms with van der Waals surface area (Å²) in [6.07, 6.45) is 1.11. The van der Waals surface area contributed by atoms with E-state index in [-0.39, 0.29) is 0 Å². The van der Waals surface area contributed by atoms with Gasteiger partial charge in [0.2, 0.25) is 0 Å². The first-order chi connectivity index (χ1) is 11.2. The molecule has 0 radical (unpaired) electrons. The van der Waals surface area contributed by atoms with Crippen LogP contribution >= 0.6 is 12.2 Å². The predicted octanol–water partition coefficient (Wildman–Crippen LogP) is 2.01. The van der Waals surface area contributed by atoms with E-state index in [4.69, 9.17) is 17.0 Å². The summed E-state index contributed by atoms with van der Waals surface area (Å²) in [5.41, 5.74) is 0.971. The number of likely N-dealkylation sites (N-methyl/N-ethyl adjacent to an activating group) is 1. The van der Waals surface area contributed by atoms with Gasteiger partial charge in [-0.15, -0.1) is 0 Å². The predicted molar refractivity (Wildman–Crippen MR) is 100 cm³/mol. The molecule has 1 saturated heterocycles. The smallest absolute Gasteiger partial charge is 0.170 e. The molecule has 5 nitrogen and oxygen atoms in total.